The van der Waals surface area contributed by atoms with E-state index in [2.05, 4.69) is 56.6 Å². The summed E-state index contributed by atoms with van der Waals surface area (Å²) in [5, 5.41) is 7.79. The van der Waals surface area contributed by atoms with Crippen LogP contribution in [-0.4, -0.2) is 49.8 Å². The molecule has 0 spiro atoms. The minimum atomic E-state index is 0.286. The molecule has 3 heterocycles. The first kappa shape index (κ1) is 18.7. The molecule has 1 aromatic carbocycles. The largest absolute Gasteiger partial charge is 0.368 e. The Kier molecular flexibility index (Phi) is 4.41. The zero-order valence-electron chi connectivity index (χ0n) is 17.8. The number of rotatable bonds is 4. The van der Waals surface area contributed by atoms with Crippen molar-refractivity contribution in [3.63, 3.8) is 0 Å². The summed E-state index contributed by atoms with van der Waals surface area (Å²) < 4.78 is 1.53. The van der Waals surface area contributed by atoms with Gasteiger partial charge in [-0.25, -0.2) is 9.97 Å². The maximum absolute atomic E-state index is 6.15. The van der Waals surface area contributed by atoms with Gasteiger partial charge < -0.3 is 16.0 Å². The van der Waals surface area contributed by atoms with Gasteiger partial charge in [-0.2, -0.15) is 9.67 Å². The molecular weight excluding hydrogens is 388 g/mol. The molecule has 1 saturated heterocycles. The van der Waals surface area contributed by atoms with E-state index in [1.54, 1.807) is 0 Å². The van der Waals surface area contributed by atoms with Gasteiger partial charge in [-0.05, 0) is 87.3 Å². The van der Waals surface area contributed by atoms with Crippen LogP contribution in [-0.2, 0) is 0 Å². The normalized spacial score (nSPS) is 23.3. The number of fused-ring (bicyclic) bond motifs is 5. The van der Waals surface area contributed by atoms with E-state index >= 15 is 0 Å². The molecule has 1 saturated carbocycles. The third kappa shape index (κ3) is 3.35. The van der Waals surface area contributed by atoms with Crippen molar-refractivity contribution in [2.24, 2.45) is 0 Å². The van der Waals surface area contributed by atoms with E-state index in [4.69, 9.17) is 10.7 Å². The Hall–Kier alpha value is -3.00. The standard InChI is InChI=1S/C23H28N8/c1-30-10-8-15(9-11-30)14-4-6-18(7-5-14)26-22-28-21(24)31(29-22)23-25-13-19-16-2-3-17(12-16)20(19)27-23/h4-7,13,15-17H,2-3,8-12H2,1H3,(H3,24,26,28,29). The van der Waals surface area contributed by atoms with Gasteiger partial charge in [0.15, 0.2) is 0 Å². The number of benzene rings is 1. The van der Waals surface area contributed by atoms with E-state index in [1.165, 1.54) is 53.6 Å². The van der Waals surface area contributed by atoms with Crippen LogP contribution in [0.2, 0.25) is 0 Å². The second kappa shape index (κ2) is 7.30. The maximum Gasteiger partial charge on any atom is 0.254 e. The van der Waals surface area contributed by atoms with E-state index in [1.807, 2.05) is 6.20 Å². The fourth-order valence-corrected chi connectivity index (χ4v) is 5.48. The summed E-state index contributed by atoms with van der Waals surface area (Å²) in [4.78, 5) is 16.1. The molecule has 0 amide bonds. The lowest BCUT2D eigenvalue weighted by Gasteiger charge is -2.29. The van der Waals surface area contributed by atoms with Crippen LogP contribution in [0.3, 0.4) is 0 Å². The van der Waals surface area contributed by atoms with E-state index < -0.39 is 0 Å². The van der Waals surface area contributed by atoms with Crippen LogP contribution < -0.4 is 11.1 Å². The van der Waals surface area contributed by atoms with Crippen LogP contribution in [0.5, 0.6) is 0 Å². The monoisotopic (exact) mass is 416 g/mol. The van der Waals surface area contributed by atoms with Crippen LogP contribution >= 0.6 is 0 Å². The molecule has 0 radical (unpaired) electrons. The molecule has 2 fully saturated rings. The van der Waals surface area contributed by atoms with Crippen molar-refractivity contribution in [3.8, 4) is 5.95 Å². The molecule has 31 heavy (non-hydrogen) atoms. The number of nitrogens with zero attached hydrogens (tertiary/aromatic N) is 6. The minimum Gasteiger partial charge on any atom is -0.368 e. The summed E-state index contributed by atoms with van der Waals surface area (Å²) in [7, 11) is 2.19. The lowest BCUT2D eigenvalue weighted by atomic mass is 9.89. The first-order valence-corrected chi connectivity index (χ1v) is 11.3. The number of hydrogen-bond acceptors (Lipinski definition) is 7. The Morgan fingerprint density at radius 3 is 2.55 bits per heavy atom. The highest BCUT2D eigenvalue weighted by atomic mass is 15.5. The summed E-state index contributed by atoms with van der Waals surface area (Å²) in [5.74, 6) is 3.08. The predicted molar refractivity (Wildman–Crippen MR) is 120 cm³/mol. The summed E-state index contributed by atoms with van der Waals surface area (Å²) >= 11 is 0. The van der Waals surface area contributed by atoms with Crippen LogP contribution in [0, 0.1) is 0 Å². The summed E-state index contributed by atoms with van der Waals surface area (Å²) in [6.45, 7) is 2.33. The SMILES string of the molecule is CN1CCC(c2ccc(Nc3nc(N)n(-c4ncc5c(n4)C4CCC5C4)n3)cc2)CC1. The number of aromatic nitrogens is 5. The van der Waals surface area contributed by atoms with Crippen molar-refractivity contribution in [2.45, 2.75) is 49.9 Å². The van der Waals surface area contributed by atoms with Crippen molar-refractivity contribution in [3.05, 3.63) is 47.3 Å². The molecule has 1 aliphatic heterocycles. The average molecular weight is 417 g/mol. The van der Waals surface area contributed by atoms with Crippen molar-refractivity contribution >= 4 is 17.6 Å². The van der Waals surface area contributed by atoms with E-state index in [9.17, 15) is 0 Å². The molecule has 2 atom stereocenters. The predicted octanol–water partition coefficient (Wildman–Crippen LogP) is 3.56. The molecule has 8 heteroatoms. The molecule has 2 bridgehead atoms. The van der Waals surface area contributed by atoms with Crippen LogP contribution in [0.4, 0.5) is 17.6 Å². The van der Waals surface area contributed by atoms with E-state index in [-0.39, 0.29) is 5.95 Å². The first-order valence-electron chi connectivity index (χ1n) is 11.3. The Labute approximate surface area is 181 Å². The van der Waals surface area contributed by atoms with Crippen LogP contribution in [0.1, 0.15) is 66.7 Å². The molecular formula is C23H28N8. The lowest BCUT2D eigenvalue weighted by Crippen LogP contribution is -2.29. The highest BCUT2D eigenvalue weighted by Crippen LogP contribution is 2.51. The Bertz CT molecular complexity index is 1100. The molecule has 2 aromatic heterocycles. The second-order valence-electron chi connectivity index (χ2n) is 9.25. The number of anilines is 3. The Balaban J connectivity index is 1.19. The topological polar surface area (TPSA) is 97.8 Å². The molecule has 3 N–H and O–H groups in total. The van der Waals surface area contributed by atoms with Gasteiger partial charge in [0.2, 0.25) is 11.9 Å². The molecule has 160 valence electrons. The third-order valence-corrected chi connectivity index (χ3v) is 7.27. The van der Waals surface area contributed by atoms with Gasteiger partial charge in [-0.1, -0.05) is 12.1 Å². The average Bonchev–Trinajstić information content (AvgIpc) is 3.50. The maximum atomic E-state index is 6.15. The molecule has 3 aliphatic rings. The zero-order valence-corrected chi connectivity index (χ0v) is 17.8. The first-order chi connectivity index (χ1) is 15.1. The number of nitrogens with one attached hydrogen (secondary N) is 1. The fourth-order valence-electron chi connectivity index (χ4n) is 5.48. The van der Waals surface area contributed by atoms with Gasteiger partial charge in [0.1, 0.15) is 0 Å². The summed E-state index contributed by atoms with van der Waals surface area (Å²) in [5.41, 5.74) is 11.0. The van der Waals surface area contributed by atoms with Crippen molar-refractivity contribution in [2.75, 3.05) is 31.2 Å². The molecule has 2 unspecified atom stereocenters. The molecule has 3 aromatic rings. The Morgan fingerprint density at radius 2 is 1.74 bits per heavy atom. The smallest absolute Gasteiger partial charge is 0.254 e. The number of nitrogens with two attached hydrogens (primary N) is 1. The highest BCUT2D eigenvalue weighted by molar-refractivity contribution is 5.55. The van der Waals surface area contributed by atoms with E-state index in [0.717, 1.165) is 18.8 Å². The van der Waals surface area contributed by atoms with Crippen molar-refractivity contribution in [1.82, 2.24) is 29.6 Å². The van der Waals surface area contributed by atoms with Gasteiger partial charge in [0.05, 0.1) is 5.69 Å². The highest BCUT2D eigenvalue weighted by Gasteiger charge is 2.38. The third-order valence-electron chi connectivity index (χ3n) is 7.27. The van der Waals surface area contributed by atoms with E-state index in [0.29, 0.717) is 29.7 Å². The van der Waals surface area contributed by atoms with Crippen LogP contribution in [0.15, 0.2) is 30.5 Å². The summed E-state index contributed by atoms with van der Waals surface area (Å²) in [6, 6.07) is 8.59. The quantitative estimate of drug-likeness (QED) is 0.671. The fraction of sp³-hybridized carbons (Fsp3) is 0.478. The van der Waals surface area contributed by atoms with Gasteiger partial charge in [-0.3, -0.25) is 0 Å². The number of piperidine rings is 1. The Morgan fingerprint density at radius 1 is 0.968 bits per heavy atom. The van der Waals surface area contributed by atoms with Gasteiger partial charge >= 0.3 is 0 Å². The van der Waals surface area contributed by atoms with Crippen molar-refractivity contribution < 1.29 is 0 Å². The number of hydrogen-bond donors (Lipinski definition) is 2. The van der Waals surface area contributed by atoms with Crippen molar-refractivity contribution in [1.29, 1.82) is 0 Å². The van der Waals surface area contributed by atoms with Crippen LogP contribution in [0.25, 0.3) is 5.95 Å². The number of likely N-dealkylation sites (tertiary alicyclic amines) is 1. The zero-order chi connectivity index (χ0) is 20.9. The number of nitrogen functional groups attached to an aromatic ring is 1. The molecule has 6 rings (SSSR count). The molecule has 2 aliphatic carbocycles. The molecule has 8 nitrogen and oxygen atoms in total. The van der Waals surface area contributed by atoms with Gasteiger partial charge in [0.25, 0.3) is 5.95 Å². The lowest BCUT2D eigenvalue weighted by molar-refractivity contribution is 0.255. The second-order valence-corrected chi connectivity index (χ2v) is 9.25. The summed E-state index contributed by atoms with van der Waals surface area (Å²) in [6.07, 6.45) is 8.08. The minimum absolute atomic E-state index is 0.286. The van der Waals surface area contributed by atoms with Gasteiger partial charge in [-0.15, -0.1) is 5.10 Å². The van der Waals surface area contributed by atoms with Gasteiger partial charge in [0, 0.05) is 17.8 Å².